The number of ether oxygens (including phenoxy) is 1. The third-order valence-corrected chi connectivity index (χ3v) is 3.11. The van der Waals surface area contributed by atoms with Gasteiger partial charge in [-0.2, -0.15) is 13.2 Å². The van der Waals surface area contributed by atoms with E-state index in [9.17, 15) is 26.4 Å². The fourth-order valence-electron chi connectivity index (χ4n) is 1.19. The molecule has 1 rings (SSSR count). The van der Waals surface area contributed by atoms with Crippen LogP contribution in [0.1, 0.15) is 10.4 Å². The van der Waals surface area contributed by atoms with Gasteiger partial charge in [0.05, 0.1) is 4.90 Å². The van der Waals surface area contributed by atoms with Crippen molar-refractivity contribution in [2.24, 2.45) is 0 Å². The molecule has 0 atom stereocenters. The third kappa shape index (κ3) is 4.43. The molecule has 1 aromatic carbocycles. The van der Waals surface area contributed by atoms with Gasteiger partial charge in [-0.05, 0) is 18.2 Å². The van der Waals surface area contributed by atoms with Gasteiger partial charge >= 0.3 is 12.1 Å². The van der Waals surface area contributed by atoms with Crippen LogP contribution < -0.4 is 4.74 Å². The topological polar surface area (TPSA) is 80.7 Å². The summed E-state index contributed by atoms with van der Waals surface area (Å²) >= 11 is 0. The van der Waals surface area contributed by atoms with Gasteiger partial charge in [0, 0.05) is 6.26 Å². The van der Waals surface area contributed by atoms with Crippen molar-refractivity contribution in [3.8, 4) is 5.75 Å². The number of benzene rings is 1. The molecule has 0 heterocycles. The van der Waals surface area contributed by atoms with E-state index >= 15 is 0 Å². The third-order valence-electron chi connectivity index (χ3n) is 2.00. The zero-order valence-corrected chi connectivity index (χ0v) is 10.4. The molecule has 0 aliphatic carbocycles. The van der Waals surface area contributed by atoms with Crippen LogP contribution in [0.3, 0.4) is 0 Å². The van der Waals surface area contributed by atoms with Crippen molar-refractivity contribution in [1.29, 1.82) is 0 Å². The van der Waals surface area contributed by atoms with Gasteiger partial charge in [-0.3, -0.25) is 0 Å². The van der Waals surface area contributed by atoms with Crippen molar-refractivity contribution in [3.05, 3.63) is 23.8 Å². The Hall–Kier alpha value is -1.77. The van der Waals surface area contributed by atoms with Crippen molar-refractivity contribution in [3.63, 3.8) is 0 Å². The number of carboxylic acid groups (broad SMARTS) is 1. The van der Waals surface area contributed by atoms with Crippen molar-refractivity contribution in [2.45, 2.75) is 11.1 Å². The van der Waals surface area contributed by atoms with Gasteiger partial charge in [0.2, 0.25) is 0 Å². The lowest BCUT2D eigenvalue weighted by atomic mass is 10.2. The Balaban J connectivity index is 3.16. The first kappa shape index (κ1) is 15.3. The largest absolute Gasteiger partial charge is 0.483 e. The molecule has 0 aliphatic heterocycles. The molecule has 1 aromatic rings. The number of aromatic carboxylic acids is 1. The van der Waals surface area contributed by atoms with Crippen LogP contribution in [-0.4, -0.2) is 38.5 Å². The number of hydrogen-bond acceptors (Lipinski definition) is 4. The zero-order valence-electron chi connectivity index (χ0n) is 9.56. The quantitative estimate of drug-likeness (QED) is 0.915. The SMILES string of the molecule is CS(=O)(=O)c1ccc(OCC(F)(F)F)c(C(=O)O)c1. The number of rotatable bonds is 4. The summed E-state index contributed by atoms with van der Waals surface area (Å²) in [5, 5.41) is 8.83. The summed E-state index contributed by atoms with van der Waals surface area (Å²) in [5.41, 5.74) is -0.646. The van der Waals surface area contributed by atoms with Crippen LogP contribution in [0.25, 0.3) is 0 Å². The van der Waals surface area contributed by atoms with E-state index in [0.29, 0.717) is 0 Å². The van der Waals surface area contributed by atoms with E-state index in [1.165, 1.54) is 0 Å². The van der Waals surface area contributed by atoms with Crippen LogP contribution >= 0.6 is 0 Å². The van der Waals surface area contributed by atoms with Crippen LogP contribution in [0.4, 0.5) is 13.2 Å². The lowest BCUT2D eigenvalue weighted by Crippen LogP contribution is -2.20. The highest BCUT2D eigenvalue weighted by Crippen LogP contribution is 2.25. The summed E-state index contributed by atoms with van der Waals surface area (Å²) < 4.78 is 62.7. The summed E-state index contributed by atoms with van der Waals surface area (Å²) in [6.07, 6.45) is -3.77. The van der Waals surface area contributed by atoms with Crippen LogP contribution in [-0.2, 0) is 9.84 Å². The van der Waals surface area contributed by atoms with Crippen LogP contribution in [0, 0.1) is 0 Å². The van der Waals surface area contributed by atoms with E-state index in [2.05, 4.69) is 4.74 Å². The maximum atomic E-state index is 12.0. The van der Waals surface area contributed by atoms with Crippen molar-refractivity contribution < 1.29 is 36.2 Å². The molecule has 0 unspecified atom stereocenters. The molecule has 0 aromatic heterocycles. The predicted molar refractivity (Wildman–Crippen MR) is 58.1 cm³/mol. The van der Waals surface area contributed by atoms with Crippen LogP contribution in [0.5, 0.6) is 5.75 Å². The Bertz CT molecular complexity index is 592. The predicted octanol–water partition coefficient (Wildman–Crippen LogP) is 1.73. The Morgan fingerprint density at radius 3 is 2.37 bits per heavy atom. The molecule has 0 aliphatic rings. The molecular formula is C10H9F3O5S. The van der Waals surface area contributed by atoms with E-state index < -0.39 is 39.9 Å². The molecule has 0 amide bonds. The van der Waals surface area contributed by atoms with Crippen LogP contribution in [0.15, 0.2) is 23.1 Å². The maximum absolute atomic E-state index is 12.0. The molecule has 0 radical (unpaired) electrons. The summed E-state index contributed by atoms with van der Waals surface area (Å²) in [5.74, 6) is -2.13. The summed E-state index contributed by atoms with van der Waals surface area (Å²) in [6, 6.07) is 2.61. The average Bonchev–Trinajstić information content (AvgIpc) is 2.23. The van der Waals surface area contributed by atoms with Gasteiger partial charge in [-0.1, -0.05) is 0 Å². The molecule has 19 heavy (non-hydrogen) atoms. The standard InChI is InChI=1S/C10H9F3O5S/c1-19(16,17)6-2-3-8(7(4-6)9(14)15)18-5-10(11,12)13/h2-4H,5H2,1H3,(H,14,15). The molecule has 106 valence electrons. The zero-order chi connectivity index (χ0) is 14.8. The molecule has 1 N–H and O–H groups in total. The van der Waals surface area contributed by atoms with E-state index in [1.54, 1.807) is 0 Å². The Labute approximate surface area is 106 Å². The molecule has 0 fully saturated rings. The molecule has 0 spiro atoms. The number of hydrogen-bond donors (Lipinski definition) is 1. The Morgan fingerprint density at radius 2 is 1.95 bits per heavy atom. The van der Waals surface area contributed by atoms with Crippen molar-refractivity contribution in [1.82, 2.24) is 0 Å². The second-order valence-electron chi connectivity index (χ2n) is 3.64. The summed E-state index contributed by atoms with van der Waals surface area (Å²) in [4.78, 5) is 10.6. The molecular weight excluding hydrogens is 289 g/mol. The average molecular weight is 298 g/mol. The van der Waals surface area contributed by atoms with Gasteiger partial charge < -0.3 is 9.84 Å². The van der Waals surface area contributed by atoms with E-state index in [1.807, 2.05) is 0 Å². The monoisotopic (exact) mass is 298 g/mol. The fourth-order valence-corrected chi connectivity index (χ4v) is 1.84. The number of carbonyl (C=O) groups is 1. The fraction of sp³-hybridized carbons (Fsp3) is 0.300. The lowest BCUT2D eigenvalue weighted by Gasteiger charge is -2.12. The number of halogens is 3. The normalized spacial score (nSPS) is 12.2. The van der Waals surface area contributed by atoms with Crippen LogP contribution in [0.2, 0.25) is 0 Å². The summed E-state index contributed by atoms with van der Waals surface area (Å²) in [6.45, 7) is -1.66. The van der Waals surface area contributed by atoms with Gasteiger partial charge in [0.15, 0.2) is 16.4 Å². The van der Waals surface area contributed by atoms with E-state index in [-0.39, 0.29) is 4.90 Å². The first-order chi connectivity index (χ1) is 8.50. The molecule has 5 nitrogen and oxygen atoms in total. The second kappa shape index (κ2) is 5.08. The highest BCUT2D eigenvalue weighted by molar-refractivity contribution is 7.90. The highest BCUT2D eigenvalue weighted by Gasteiger charge is 2.29. The first-order valence-corrected chi connectivity index (χ1v) is 6.67. The van der Waals surface area contributed by atoms with Gasteiger partial charge in [-0.25, -0.2) is 13.2 Å². The lowest BCUT2D eigenvalue weighted by molar-refractivity contribution is -0.153. The number of alkyl halides is 3. The summed E-state index contributed by atoms with van der Waals surface area (Å²) in [7, 11) is -3.66. The molecule has 9 heteroatoms. The molecule has 0 saturated heterocycles. The number of sulfone groups is 1. The van der Waals surface area contributed by atoms with Gasteiger partial charge in [-0.15, -0.1) is 0 Å². The Morgan fingerprint density at radius 1 is 1.37 bits per heavy atom. The second-order valence-corrected chi connectivity index (χ2v) is 5.65. The Kier molecular flexibility index (Phi) is 4.09. The van der Waals surface area contributed by atoms with Gasteiger partial charge in [0.25, 0.3) is 0 Å². The minimum Gasteiger partial charge on any atom is -0.483 e. The maximum Gasteiger partial charge on any atom is 0.422 e. The number of carboxylic acids is 1. The molecule has 0 saturated carbocycles. The minimum atomic E-state index is -4.62. The van der Waals surface area contributed by atoms with Crippen molar-refractivity contribution >= 4 is 15.8 Å². The van der Waals surface area contributed by atoms with E-state index in [4.69, 9.17) is 5.11 Å². The van der Waals surface area contributed by atoms with Gasteiger partial charge in [0.1, 0.15) is 11.3 Å². The molecule has 0 bridgehead atoms. The smallest absolute Gasteiger partial charge is 0.422 e. The minimum absolute atomic E-state index is 0.316. The highest BCUT2D eigenvalue weighted by atomic mass is 32.2. The van der Waals surface area contributed by atoms with Crippen molar-refractivity contribution in [2.75, 3.05) is 12.9 Å². The first-order valence-electron chi connectivity index (χ1n) is 4.77. The van der Waals surface area contributed by atoms with E-state index in [0.717, 1.165) is 24.5 Å².